The van der Waals surface area contributed by atoms with E-state index in [0.717, 1.165) is 5.92 Å². The molecule has 0 heterocycles. The van der Waals surface area contributed by atoms with Crippen LogP contribution in [-0.2, 0) is 4.79 Å². The topological polar surface area (TPSA) is 29.1 Å². The van der Waals surface area contributed by atoms with E-state index in [0.29, 0.717) is 12.5 Å². The Labute approximate surface area is 55.6 Å². The van der Waals surface area contributed by atoms with Crippen LogP contribution < -0.4 is 5.32 Å². The van der Waals surface area contributed by atoms with Gasteiger partial charge in [-0.3, -0.25) is 4.79 Å². The van der Waals surface area contributed by atoms with Crippen molar-refractivity contribution in [2.45, 2.75) is 32.7 Å². The Kier molecular flexibility index (Phi) is 1.74. The van der Waals surface area contributed by atoms with Crippen molar-refractivity contribution in [1.29, 1.82) is 0 Å². The third kappa shape index (κ3) is 1.70. The molecule has 0 aliphatic heterocycles. The second-order valence-electron chi connectivity index (χ2n) is 2.74. The minimum atomic E-state index is 0.185. The molecule has 2 heteroatoms. The van der Waals surface area contributed by atoms with E-state index in [1.165, 1.54) is 6.42 Å². The Morgan fingerprint density at radius 3 is 2.67 bits per heavy atom. The fourth-order valence-corrected chi connectivity index (χ4v) is 0.832. The lowest BCUT2D eigenvalue weighted by Gasteiger charge is -1.98. The summed E-state index contributed by atoms with van der Waals surface area (Å²) in [5, 5.41) is 2.91. The number of amides is 1. The molecule has 0 radical (unpaired) electrons. The highest BCUT2D eigenvalue weighted by molar-refractivity contribution is 5.76. The van der Waals surface area contributed by atoms with Crippen molar-refractivity contribution in [3.63, 3.8) is 0 Å². The lowest BCUT2D eigenvalue weighted by atomic mass is 10.4. The SMILES string of the molecule is CCC(=O)NC1CC1C. The summed E-state index contributed by atoms with van der Waals surface area (Å²) < 4.78 is 0. The van der Waals surface area contributed by atoms with Gasteiger partial charge in [0.1, 0.15) is 0 Å². The Morgan fingerprint density at radius 1 is 1.78 bits per heavy atom. The van der Waals surface area contributed by atoms with Crippen molar-refractivity contribution in [1.82, 2.24) is 5.32 Å². The molecule has 1 N–H and O–H groups in total. The zero-order chi connectivity index (χ0) is 6.85. The van der Waals surface area contributed by atoms with Crippen molar-refractivity contribution in [2.24, 2.45) is 5.92 Å². The number of hydrogen-bond donors (Lipinski definition) is 1. The zero-order valence-electron chi connectivity index (χ0n) is 5.98. The van der Waals surface area contributed by atoms with E-state index in [9.17, 15) is 4.79 Å². The summed E-state index contributed by atoms with van der Waals surface area (Å²) in [4.78, 5) is 10.7. The van der Waals surface area contributed by atoms with Crippen LogP contribution in [0.4, 0.5) is 0 Å². The molecule has 0 aromatic rings. The van der Waals surface area contributed by atoms with E-state index in [1.54, 1.807) is 0 Å². The summed E-state index contributed by atoms with van der Waals surface area (Å²) in [5.41, 5.74) is 0. The molecule has 0 spiro atoms. The van der Waals surface area contributed by atoms with Crippen LogP contribution in [0.5, 0.6) is 0 Å². The predicted octanol–water partition coefficient (Wildman–Crippen LogP) is 0.921. The average Bonchev–Trinajstić information content (AvgIpc) is 2.47. The lowest BCUT2D eigenvalue weighted by molar-refractivity contribution is -0.120. The minimum Gasteiger partial charge on any atom is -0.353 e. The number of hydrogen-bond acceptors (Lipinski definition) is 1. The molecule has 0 bridgehead atoms. The maximum absolute atomic E-state index is 10.7. The van der Waals surface area contributed by atoms with Gasteiger partial charge in [0.2, 0.25) is 5.91 Å². The molecule has 9 heavy (non-hydrogen) atoms. The molecule has 1 aliphatic rings. The molecule has 1 amide bonds. The monoisotopic (exact) mass is 127 g/mol. The van der Waals surface area contributed by atoms with Gasteiger partial charge in [-0.25, -0.2) is 0 Å². The summed E-state index contributed by atoms with van der Waals surface area (Å²) in [5.74, 6) is 0.907. The molecule has 1 saturated carbocycles. The number of rotatable bonds is 2. The lowest BCUT2D eigenvalue weighted by Crippen LogP contribution is -2.25. The van der Waals surface area contributed by atoms with E-state index in [4.69, 9.17) is 0 Å². The van der Waals surface area contributed by atoms with Gasteiger partial charge in [0.05, 0.1) is 0 Å². The third-order valence-electron chi connectivity index (χ3n) is 1.78. The molecule has 1 fully saturated rings. The molecular formula is C7H13NO. The average molecular weight is 127 g/mol. The van der Waals surface area contributed by atoms with Crippen molar-refractivity contribution >= 4 is 5.91 Å². The van der Waals surface area contributed by atoms with Crippen LogP contribution in [0.3, 0.4) is 0 Å². The maximum Gasteiger partial charge on any atom is 0.219 e. The van der Waals surface area contributed by atoms with Gasteiger partial charge in [-0.15, -0.1) is 0 Å². The van der Waals surface area contributed by atoms with Gasteiger partial charge in [0, 0.05) is 12.5 Å². The Hall–Kier alpha value is -0.530. The minimum absolute atomic E-state index is 0.185. The van der Waals surface area contributed by atoms with E-state index in [2.05, 4.69) is 12.2 Å². The normalized spacial score (nSPS) is 31.8. The molecule has 0 aromatic heterocycles. The van der Waals surface area contributed by atoms with Crippen LogP contribution in [0.25, 0.3) is 0 Å². The number of carbonyl (C=O) groups is 1. The first-order valence-electron chi connectivity index (χ1n) is 3.53. The second kappa shape index (κ2) is 2.38. The highest BCUT2D eigenvalue weighted by Crippen LogP contribution is 2.28. The van der Waals surface area contributed by atoms with Gasteiger partial charge in [0.25, 0.3) is 0 Å². The molecule has 1 aliphatic carbocycles. The van der Waals surface area contributed by atoms with Gasteiger partial charge >= 0.3 is 0 Å². The van der Waals surface area contributed by atoms with Crippen LogP contribution in [0.1, 0.15) is 26.7 Å². The summed E-state index contributed by atoms with van der Waals surface area (Å²) in [6.07, 6.45) is 1.79. The smallest absolute Gasteiger partial charge is 0.219 e. The first-order valence-corrected chi connectivity index (χ1v) is 3.53. The highest BCUT2D eigenvalue weighted by atomic mass is 16.1. The second-order valence-corrected chi connectivity index (χ2v) is 2.74. The molecule has 1 rings (SSSR count). The van der Waals surface area contributed by atoms with Crippen molar-refractivity contribution in [3.05, 3.63) is 0 Å². The van der Waals surface area contributed by atoms with Crippen LogP contribution in [0, 0.1) is 5.92 Å². The fourth-order valence-electron chi connectivity index (χ4n) is 0.832. The standard InChI is InChI=1S/C7H13NO/c1-3-7(9)8-6-4-5(6)2/h5-6H,3-4H2,1-2H3,(H,8,9). The van der Waals surface area contributed by atoms with Crippen molar-refractivity contribution < 1.29 is 4.79 Å². The summed E-state index contributed by atoms with van der Waals surface area (Å²) in [6.45, 7) is 4.03. The molecule has 52 valence electrons. The van der Waals surface area contributed by atoms with Gasteiger partial charge in [0.15, 0.2) is 0 Å². The molecule has 2 atom stereocenters. The first-order chi connectivity index (χ1) is 4.24. The van der Waals surface area contributed by atoms with E-state index >= 15 is 0 Å². The number of carbonyl (C=O) groups excluding carboxylic acids is 1. The summed E-state index contributed by atoms with van der Waals surface area (Å²) >= 11 is 0. The van der Waals surface area contributed by atoms with Crippen LogP contribution in [0.15, 0.2) is 0 Å². The predicted molar refractivity (Wildman–Crippen MR) is 36.0 cm³/mol. The van der Waals surface area contributed by atoms with Crippen molar-refractivity contribution in [2.75, 3.05) is 0 Å². The maximum atomic E-state index is 10.7. The first kappa shape index (κ1) is 6.59. The van der Waals surface area contributed by atoms with Crippen LogP contribution in [-0.4, -0.2) is 11.9 Å². The Balaban J connectivity index is 2.12. The highest BCUT2D eigenvalue weighted by Gasteiger charge is 2.33. The van der Waals surface area contributed by atoms with Crippen molar-refractivity contribution in [3.8, 4) is 0 Å². The van der Waals surface area contributed by atoms with Gasteiger partial charge in [-0.1, -0.05) is 13.8 Å². The Morgan fingerprint density at radius 2 is 2.33 bits per heavy atom. The van der Waals surface area contributed by atoms with E-state index in [1.807, 2.05) is 6.92 Å². The molecule has 2 unspecified atom stereocenters. The number of nitrogens with one attached hydrogen (secondary N) is 1. The summed E-state index contributed by atoms with van der Waals surface area (Å²) in [7, 11) is 0. The third-order valence-corrected chi connectivity index (χ3v) is 1.78. The van der Waals surface area contributed by atoms with Gasteiger partial charge in [-0.05, 0) is 12.3 Å². The molecule has 0 saturated heterocycles. The molecule has 0 aromatic carbocycles. The zero-order valence-corrected chi connectivity index (χ0v) is 5.98. The summed E-state index contributed by atoms with van der Waals surface area (Å²) in [6, 6.07) is 0.498. The Bertz CT molecular complexity index is 122. The molecular weight excluding hydrogens is 114 g/mol. The van der Waals surface area contributed by atoms with Crippen LogP contribution in [0.2, 0.25) is 0 Å². The van der Waals surface area contributed by atoms with E-state index in [-0.39, 0.29) is 5.91 Å². The largest absolute Gasteiger partial charge is 0.353 e. The van der Waals surface area contributed by atoms with Crippen LogP contribution >= 0.6 is 0 Å². The quantitative estimate of drug-likeness (QED) is 0.587. The van der Waals surface area contributed by atoms with Gasteiger partial charge < -0.3 is 5.32 Å². The molecule has 2 nitrogen and oxygen atoms in total. The van der Waals surface area contributed by atoms with E-state index < -0.39 is 0 Å². The fraction of sp³-hybridized carbons (Fsp3) is 0.857. The van der Waals surface area contributed by atoms with Gasteiger partial charge in [-0.2, -0.15) is 0 Å².